The topological polar surface area (TPSA) is 15.3 Å². The Labute approximate surface area is 130 Å². The van der Waals surface area contributed by atoms with Crippen LogP contribution in [0.15, 0.2) is 30.3 Å². The molecule has 2 heteroatoms. The van der Waals surface area contributed by atoms with Gasteiger partial charge in [-0.05, 0) is 38.3 Å². The second kappa shape index (κ2) is 7.42. The predicted molar refractivity (Wildman–Crippen MR) is 91.8 cm³/mol. The van der Waals surface area contributed by atoms with E-state index in [1.807, 2.05) is 0 Å². The Balaban J connectivity index is 2.20. The minimum Gasteiger partial charge on any atom is -0.316 e. The zero-order valence-corrected chi connectivity index (χ0v) is 14.2. The van der Waals surface area contributed by atoms with Gasteiger partial charge in [0.15, 0.2) is 0 Å². The number of hydrogen-bond donors (Lipinski definition) is 1. The van der Waals surface area contributed by atoms with Gasteiger partial charge in [-0.25, -0.2) is 0 Å². The SMILES string of the molecule is CCNCC(C)(CN1C(C)CCC1CC)c1ccccc1. The summed E-state index contributed by atoms with van der Waals surface area (Å²) in [6.07, 6.45) is 3.99. The lowest BCUT2D eigenvalue weighted by Crippen LogP contribution is -2.48. The van der Waals surface area contributed by atoms with Crippen LogP contribution >= 0.6 is 0 Å². The van der Waals surface area contributed by atoms with Gasteiger partial charge in [-0.15, -0.1) is 0 Å². The number of likely N-dealkylation sites (tertiary alicyclic amines) is 1. The monoisotopic (exact) mass is 288 g/mol. The zero-order chi connectivity index (χ0) is 15.3. The average molecular weight is 288 g/mol. The summed E-state index contributed by atoms with van der Waals surface area (Å²) in [4.78, 5) is 2.75. The summed E-state index contributed by atoms with van der Waals surface area (Å²) in [6, 6.07) is 12.5. The molecule has 1 N–H and O–H groups in total. The van der Waals surface area contributed by atoms with Crippen molar-refractivity contribution in [3.05, 3.63) is 35.9 Å². The second-order valence-corrected chi connectivity index (χ2v) is 6.87. The fourth-order valence-corrected chi connectivity index (χ4v) is 3.74. The first-order valence-electron chi connectivity index (χ1n) is 8.62. The lowest BCUT2D eigenvalue weighted by molar-refractivity contribution is 0.154. The Bertz CT molecular complexity index is 417. The molecule has 2 nitrogen and oxygen atoms in total. The Morgan fingerprint density at radius 1 is 1.19 bits per heavy atom. The lowest BCUT2D eigenvalue weighted by Gasteiger charge is -2.39. The molecule has 0 spiro atoms. The Morgan fingerprint density at radius 2 is 1.90 bits per heavy atom. The van der Waals surface area contributed by atoms with Crippen LogP contribution in [-0.4, -0.2) is 36.6 Å². The minimum atomic E-state index is 0.184. The van der Waals surface area contributed by atoms with Crippen molar-refractivity contribution in [2.45, 2.75) is 64.5 Å². The van der Waals surface area contributed by atoms with E-state index in [-0.39, 0.29) is 5.41 Å². The standard InChI is InChI=1S/C19H32N2/c1-5-18-13-12-16(3)21(18)15-19(4,14-20-6-2)17-10-8-7-9-11-17/h7-11,16,18,20H,5-6,12-15H2,1-4H3. The van der Waals surface area contributed by atoms with Gasteiger partial charge in [-0.1, -0.05) is 51.1 Å². The largest absolute Gasteiger partial charge is 0.316 e. The summed E-state index contributed by atoms with van der Waals surface area (Å²) in [7, 11) is 0. The summed E-state index contributed by atoms with van der Waals surface area (Å²) in [5.74, 6) is 0. The minimum absolute atomic E-state index is 0.184. The second-order valence-electron chi connectivity index (χ2n) is 6.87. The highest BCUT2D eigenvalue weighted by Gasteiger charge is 2.36. The molecule has 0 radical (unpaired) electrons. The van der Waals surface area contributed by atoms with Crippen LogP contribution in [0.4, 0.5) is 0 Å². The molecule has 1 heterocycles. The van der Waals surface area contributed by atoms with E-state index in [1.165, 1.54) is 24.8 Å². The van der Waals surface area contributed by atoms with Crippen molar-refractivity contribution in [3.63, 3.8) is 0 Å². The third-order valence-electron chi connectivity index (χ3n) is 5.19. The molecule has 0 saturated carbocycles. The van der Waals surface area contributed by atoms with Crippen LogP contribution in [0.1, 0.15) is 52.5 Å². The van der Waals surface area contributed by atoms with Crippen LogP contribution in [0.5, 0.6) is 0 Å². The molecule has 1 aromatic carbocycles. The molecule has 3 atom stereocenters. The van der Waals surface area contributed by atoms with E-state index in [2.05, 4.69) is 68.2 Å². The number of nitrogens with one attached hydrogen (secondary N) is 1. The Morgan fingerprint density at radius 3 is 2.52 bits per heavy atom. The molecule has 0 amide bonds. The summed E-state index contributed by atoms with van der Waals surface area (Å²) >= 11 is 0. The molecule has 1 fully saturated rings. The van der Waals surface area contributed by atoms with Gasteiger partial charge in [0, 0.05) is 30.6 Å². The molecule has 0 aliphatic carbocycles. The molecule has 21 heavy (non-hydrogen) atoms. The van der Waals surface area contributed by atoms with Crippen LogP contribution in [0.3, 0.4) is 0 Å². The third kappa shape index (κ3) is 3.87. The predicted octanol–water partition coefficient (Wildman–Crippen LogP) is 3.82. The molecule has 118 valence electrons. The van der Waals surface area contributed by atoms with Gasteiger partial charge in [-0.3, -0.25) is 4.90 Å². The molecule has 3 unspecified atom stereocenters. The van der Waals surface area contributed by atoms with E-state index in [4.69, 9.17) is 0 Å². The van der Waals surface area contributed by atoms with Gasteiger partial charge >= 0.3 is 0 Å². The first-order chi connectivity index (χ1) is 10.1. The molecule has 0 bridgehead atoms. The van der Waals surface area contributed by atoms with Crippen molar-refractivity contribution < 1.29 is 0 Å². The molecule has 1 saturated heterocycles. The summed E-state index contributed by atoms with van der Waals surface area (Å²) in [6.45, 7) is 12.6. The molecule has 2 rings (SSSR count). The van der Waals surface area contributed by atoms with Crippen LogP contribution in [0, 0.1) is 0 Å². The van der Waals surface area contributed by atoms with Crippen molar-refractivity contribution >= 4 is 0 Å². The summed E-state index contributed by atoms with van der Waals surface area (Å²) in [5.41, 5.74) is 1.64. The maximum atomic E-state index is 3.58. The highest BCUT2D eigenvalue weighted by molar-refractivity contribution is 5.26. The van der Waals surface area contributed by atoms with E-state index < -0.39 is 0 Å². The smallest absolute Gasteiger partial charge is 0.0177 e. The van der Waals surface area contributed by atoms with E-state index in [0.29, 0.717) is 0 Å². The van der Waals surface area contributed by atoms with Crippen molar-refractivity contribution in [1.29, 1.82) is 0 Å². The van der Waals surface area contributed by atoms with E-state index >= 15 is 0 Å². The molecular weight excluding hydrogens is 256 g/mol. The van der Waals surface area contributed by atoms with Crippen LogP contribution in [0.2, 0.25) is 0 Å². The van der Waals surface area contributed by atoms with Crippen LogP contribution in [-0.2, 0) is 5.41 Å². The number of benzene rings is 1. The third-order valence-corrected chi connectivity index (χ3v) is 5.19. The number of likely N-dealkylation sites (N-methyl/N-ethyl adjacent to an activating group) is 1. The fourth-order valence-electron chi connectivity index (χ4n) is 3.74. The summed E-state index contributed by atoms with van der Waals surface area (Å²) < 4.78 is 0. The van der Waals surface area contributed by atoms with Gasteiger partial charge in [0.1, 0.15) is 0 Å². The molecule has 1 aromatic rings. The number of nitrogens with zero attached hydrogens (tertiary/aromatic N) is 1. The lowest BCUT2D eigenvalue weighted by atomic mass is 9.81. The molecular formula is C19H32N2. The van der Waals surface area contributed by atoms with Gasteiger partial charge in [-0.2, -0.15) is 0 Å². The maximum Gasteiger partial charge on any atom is 0.0177 e. The van der Waals surface area contributed by atoms with Gasteiger partial charge in [0.2, 0.25) is 0 Å². The summed E-state index contributed by atoms with van der Waals surface area (Å²) in [5, 5.41) is 3.58. The maximum absolute atomic E-state index is 3.58. The number of rotatable bonds is 7. The normalized spacial score (nSPS) is 25.9. The zero-order valence-electron chi connectivity index (χ0n) is 14.2. The molecule has 1 aliphatic heterocycles. The molecule has 0 aromatic heterocycles. The van der Waals surface area contributed by atoms with Crippen molar-refractivity contribution in [3.8, 4) is 0 Å². The van der Waals surface area contributed by atoms with Gasteiger partial charge in [0.25, 0.3) is 0 Å². The van der Waals surface area contributed by atoms with Crippen molar-refractivity contribution in [1.82, 2.24) is 10.2 Å². The van der Waals surface area contributed by atoms with Gasteiger partial charge < -0.3 is 5.32 Å². The number of hydrogen-bond acceptors (Lipinski definition) is 2. The first-order valence-corrected chi connectivity index (χ1v) is 8.62. The fraction of sp³-hybridized carbons (Fsp3) is 0.684. The first kappa shape index (κ1) is 16.5. The van der Waals surface area contributed by atoms with E-state index in [9.17, 15) is 0 Å². The van der Waals surface area contributed by atoms with Crippen molar-refractivity contribution in [2.75, 3.05) is 19.6 Å². The Kier molecular flexibility index (Phi) is 5.83. The van der Waals surface area contributed by atoms with Crippen LogP contribution in [0.25, 0.3) is 0 Å². The van der Waals surface area contributed by atoms with Crippen molar-refractivity contribution in [2.24, 2.45) is 0 Å². The quantitative estimate of drug-likeness (QED) is 0.820. The van der Waals surface area contributed by atoms with Gasteiger partial charge in [0.05, 0.1) is 0 Å². The van der Waals surface area contributed by atoms with E-state index in [1.54, 1.807) is 0 Å². The van der Waals surface area contributed by atoms with Crippen LogP contribution < -0.4 is 5.32 Å². The van der Waals surface area contributed by atoms with E-state index in [0.717, 1.165) is 31.7 Å². The molecule has 1 aliphatic rings. The highest BCUT2D eigenvalue weighted by atomic mass is 15.2. The average Bonchev–Trinajstić information content (AvgIpc) is 2.86. The Hall–Kier alpha value is -0.860. The highest BCUT2D eigenvalue weighted by Crippen LogP contribution is 2.32.